The minimum atomic E-state index is 0.692. The molecule has 2 aromatic heterocycles. The predicted molar refractivity (Wildman–Crippen MR) is 73.9 cm³/mol. The second-order valence-electron chi connectivity index (χ2n) is 4.70. The van der Waals surface area contributed by atoms with E-state index in [1.807, 2.05) is 20.9 Å². The van der Waals surface area contributed by atoms with Crippen molar-refractivity contribution in [2.75, 3.05) is 11.9 Å². The molecule has 0 aliphatic rings. The van der Waals surface area contributed by atoms with Gasteiger partial charge in [0.25, 0.3) is 0 Å². The maximum absolute atomic E-state index is 4.35. The molecule has 6 nitrogen and oxygen atoms in total. The van der Waals surface area contributed by atoms with Crippen LogP contribution in [0.2, 0.25) is 0 Å². The molecule has 0 N–H and O–H groups in total. The summed E-state index contributed by atoms with van der Waals surface area (Å²) in [6, 6.07) is 0. The van der Waals surface area contributed by atoms with Crippen molar-refractivity contribution in [2.45, 2.75) is 40.3 Å². The molecule has 0 atom stereocenters. The van der Waals surface area contributed by atoms with E-state index in [0.29, 0.717) is 6.54 Å². The van der Waals surface area contributed by atoms with Gasteiger partial charge in [-0.1, -0.05) is 6.92 Å². The zero-order chi connectivity index (χ0) is 13.8. The molecule has 2 aromatic rings. The van der Waals surface area contributed by atoms with Crippen molar-refractivity contribution < 1.29 is 0 Å². The molecule has 2 heterocycles. The maximum atomic E-state index is 4.35. The van der Waals surface area contributed by atoms with Gasteiger partial charge in [0.2, 0.25) is 0 Å². The minimum absolute atomic E-state index is 0.692. The van der Waals surface area contributed by atoms with Gasteiger partial charge in [0.15, 0.2) is 5.82 Å². The number of nitrogens with zero attached hydrogens (tertiary/aromatic N) is 6. The molecule has 0 saturated heterocycles. The quantitative estimate of drug-likeness (QED) is 0.819. The molecule has 0 aliphatic carbocycles. The van der Waals surface area contributed by atoms with Gasteiger partial charge in [-0.2, -0.15) is 0 Å². The van der Waals surface area contributed by atoms with Crippen LogP contribution < -0.4 is 4.90 Å². The molecule has 0 spiro atoms. The molecule has 0 aliphatic heterocycles. The Bertz CT molecular complexity index is 548. The summed E-state index contributed by atoms with van der Waals surface area (Å²) in [6.45, 7) is 7.81. The van der Waals surface area contributed by atoms with Crippen LogP contribution in [0, 0.1) is 13.8 Å². The average molecular weight is 260 g/mol. The van der Waals surface area contributed by atoms with E-state index in [-0.39, 0.29) is 0 Å². The van der Waals surface area contributed by atoms with Crippen LogP contribution in [0.3, 0.4) is 0 Å². The third-order valence-corrected chi connectivity index (χ3v) is 3.21. The molecule has 0 aromatic carbocycles. The summed E-state index contributed by atoms with van der Waals surface area (Å²) in [5, 5.41) is 8.16. The largest absolute Gasteiger partial charge is 0.352 e. The normalized spacial score (nSPS) is 10.7. The fourth-order valence-corrected chi connectivity index (χ4v) is 2.03. The van der Waals surface area contributed by atoms with Gasteiger partial charge in [0, 0.05) is 24.8 Å². The molecule has 0 fully saturated rings. The Hall–Kier alpha value is -1.98. The predicted octanol–water partition coefficient (Wildman–Crippen LogP) is 1.73. The lowest BCUT2D eigenvalue weighted by molar-refractivity contribution is 0.630. The first-order valence-corrected chi connectivity index (χ1v) is 6.49. The second-order valence-corrected chi connectivity index (χ2v) is 4.70. The van der Waals surface area contributed by atoms with Gasteiger partial charge in [0.05, 0.1) is 6.54 Å². The van der Waals surface area contributed by atoms with Gasteiger partial charge in [-0.25, -0.2) is 9.97 Å². The highest BCUT2D eigenvalue weighted by Crippen LogP contribution is 2.18. The molecule has 0 unspecified atom stereocenters. The summed E-state index contributed by atoms with van der Waals surface area (Å²) in [6.07, 6.45) is 4.45. The highest BCUT2D eigenvalue weighted by Gasteiger charge is 2.12. The lowest BCUT2D eigenvalue weighted by atomic mass is 10.2. The van der Waals surface area contributed by atoms with Crippen LogP contribution in [0.4, 0.5) is 5.82 Å². The monoisotopic (exact) mass is 260 g/mol. The van der Waals surface area contributed by atoms with Gasteiger partial charge < -0.3 is 9.47 Å². The SMILES string of the molecule is CCCn1cnnc1CN(C)c1ncnc(C)c1C. The molecule has 102 valence electrons. The van der Waals surface area contributed by atoms with Crippen LogP contribution in [0.5, 0.6) is 0 Å². The number of anilines is 1. The van der Waals surface area contributed by atoms with E-state index in [2.05, 4.69) is 36.6 Å². The van der Waals surface area contributed by atoms with Crippen molar-refractivity contribution in [3.63, 3.8) is 0 Å². The second kappa shape index (κ2) is 5.77. The van der Waals surface area contributed by atoms with Crippen molar-refractivity contribution in [1.29, 1.82) is 0 Å². The van der Waals surface area contributed by atoms with Gasteiger partial charge in [-0.05, 0) is 20.3 Å². The lowest BCUT2D eigenvalue weighted by Gasteiger charge is -2.20. The first-order valence-electron chi connectivity index (χ1n) is 6.49. The molecule has 19 heavy (non-hydrogen) atoms. The molecule has 2 rings (SSSR count). The maximum Gasteiger partial charge on any atom is 0.152 e. The molecular formula is C13H20N6. The fourth-order valence-electron chi connectivity index (χ4n) is 2.03. The fraction of sp³-hybridized carbons (Fsp3) is 0.538. The first kappa shape index (κ1) is 13.5. The van der Waals surface area contributed by atoms with Gasteiger partial charge >= 0.3 is 0 Å². The smallest absolute Gasteiger partial charge is 0.152 e. The van der Waals surface area contributed by atoms with E-state index in [9.17, 15) is 0 Å². The third-order valence-electron chi connectivity index (χ3n) is 3.21. The molecule has 0 saturated carbocycles. The lowest BCUT2D eigenvalue weighted by Crippen LogP contribution is -2.22. The first-order chi connectivity index (χ1) is 9.13. The number of rotatable bonds is 5. The average Bonchev–Trinajstić information content (AvgIpc) is 2.80. The van der Waals surface area contributed by atoms with Crippen molar-refractivity contribution in [3.8, 4) is 0 Å². The molecular weight excluding hydrogens is 240 g/mol. The molecule has 0 radical (unpaired) electrons. The Kier molecular flexibility index (Phi) is 4.09. The summed E-state index contributed by atoms with van der Waals surface area (Å²) in [5.41, 5.74) is 2.11. The third kappa shape index (κ3) is 2.89. The van der Waals surface area contributed by atoms with E-state index in [4.69, 9.17) is 0 Å². The van der Waals surface area contributed by atoms with Crippen LogP contribution in [0.15, 0.2) is 12.7 Å². The zero-order valence-electron chi connectivity index (χ0n) is 12.0. The highest BCUT2D eigenvalue weighted by atomic mass is 15.3. The van der Waals surface area contributed by atoms with E-state index in [1.165, 1.54) is 0 Å². The van der Waals surface area contributed by atoms with Gasteiger partial charge in [-0.15, -0.1) is 10.2 Å². The van der Waals surface area contributed by atoms with Gasteiger partial charge in [-0.3, -0.25) is 0 Å². The van der Waals surface area contributed by atoms with Crippen LogP contribution in [-0.4, -0.2) is 31.8 Å². The standard InChI is InChI=1S/C13H20N6/c1-5-6-19-9-16-17-12(19)7-18(4)13-10(2)11(3)14-8-15-13/h8-9H,5-7H2,1-4H3. The van der Waals surface area contributed by atoms with Crippen molar-refractivity contribution in [2.24, 2.45) is 0 Å². The van der Waals surface area contributed by atoms with Gasteiger partial charge in [0.1, 0.15) is 18.5 Å². The summed E-state index contributed by atoms with van der Waals surface area (Å²) in [5.74, 6) is 1.90. The van der Waals surface area contributed by atoms with Crippen molar-refractivity contribution in [3.05, 3.63) is 29.7 Å². The summed E-state index contributed by atoms with van der Waals surface area (Å²) in [7, 11) is 2.01. The minimum Gasteiger partial charge on any atom is -0.352 e. The van der Waals surface area contributed by atoms with E-state index < -0.39 is 0 Å². The Morgan fingerprint density at radius 3 is 2.79 bits per heavy atom. The van der Waals surface area contributed by atoms with Crippen molar-refractivity contribution in [1.82, 2.24) is 24.7 Å². The number of aryl methyl sites for hydroxylation is 2. The number of aromatic nitrogens is 5. The Morgan fingerprint density at radius 2 is 2.05 bits per heavy atom. The summed E-state index contributed by atoms with van der Waals surface area (Å²) >= 11 is 0. The Morgan fingerprint density at radius 1 is 1.26 bits per heavy atom. The van der Waals surface area contributed by atoms with Crippen molar-refractivity contribution >= 4 is 5.82 Å². The van der Waals surface area contributed by atoms with E-state index in [1.54, 1.807) is 12.7 Å². The Balaban J connectivity index is 2.18. The number of hydrogen-bond donors (Lipinski definition) is 0. The summed E-state index contributed by atoms with van der Waals surface area (Å²) in [4.78, 5) is 10.6. The molecule has 0 amide bonds. The summed E-state index contributed by atoms with van der Waals surface area (Å²) < 4.78 is 2.08. The zero-order valence-corrected chi connectivity index (χ0v) is 12.0. The Labute approximate surface area is 113 Å². The van der Waals surface area contributed by atoms with Crippen LogP contribution in [0.25, 0.3) is 0 Å². The van der Waals surface area contributed by atoms with Crippen LogP contribution in [-0.2, 0) is 13.1 Å². The topological polar surface area (TPSA) is 59.7 Å². The molecule has 6 heteroatoms. The van der Waals surface area contributed by atoms with E-state index in [0.717, 1.165) is 35.9 Å². The number of hydrogen-bond acceptors (Lipinski definition) is 5. The van der Waals surface area contributed by atoms with Crippen LogP contribution >= 0.6 is 0 Å². The van der Waals surface area contributed by atoms with Crippen LogP contribution in [0.1, 0.15) is 30.4 Å². The highest BCUT2D eigenvalue weighted by molar-refractivity contribution is 5.46. The van der Waals surface area contributed by atoms with E-state index >= 15 is 0 Å². The molecule has 0 bridgehead atoms.